The van der Waals surface area contributed by atoms with E-state index in [4.69, 9.17) is 10.3 Å². The number of H-pyrrole nitrogens is 1. The Balaban J connectivity index is 1.66. The van der Waals surface area contributed by atoms with E-state index in [1.165, 1.54) is 19.3 Å². The topological polar surface area (TPSA) is 96.9 Å². The number of hydrogen-bond acceptors (Lipinski definition) is 6. The first kappa shape index (κ1) is 12.2. The van der Waals surface area contributed by atoms with Gasteiger partial charge in [0.15, 0.2) is 0 Å². The number of hydrogen-bond donors (Lipinski definition) is 2. The summed E-state index contributed by atoms with van der Waals surface area (Å²) < 4.78 is 5.27. The van der Waals surface area contributed by atoms with Crippen LogP contribution in [-0.4, -0.2) is 33.2 Å². The number of rotatable bonds is 4. The summed E-state index contributed by atoms with van der Waals surface area (Å²) in [6.45, 7) is 1.99. The zero-order valence-electron chi connectivity index (χ0n) is 10.7. The van der Waals surface area contributed by atoms with Crippen molar-refractivity contribution in [3.63, 3.8) is 0 Å². The van der Waals surface area contributed by atoms with Gasteiger partial charge in [-0.2, -0.15) is 4.98 Å². The smallest absolute Gasteiger partial charge is 0.266 e. The summed E-state index contributed by atoms with van der Waals surface area (Å²) in [7, 11) is 0. The van der Waals surface area contributed by atoms with Gasteiger partial charge in [-0.1, -0.05) is 0 Å². The second-order valence-electron chi connectivity index (χ2n) is 4.87. The van der Waals surface area contributed by atoms with Crippen LogP contribution in [0.15, 0.2) is 17.0 Å². The third-order valence-electron chi connectivity index (χ3n) is 3.38. The van der Waals surface area contributed by atoms with Crippen molar-refractivity contribution in [1.82, 2.24) is 20.1 Å². The van der Waals surface area contributed by atoms with Gasteiger partial charge in [0.1, 0.15) is 0 Å². The maximum atomic E-state index is 6.07. The van der Waals surface area contributed by atoms with E-state index >= 15 is 0 Å². The molecule has 7 nitrogen and oxygen atoms in total. The molecule has 0 spiro atoms. The summed E-state index contributed by atoms with van der Waals surface area (Å²) in [6.07, 6.45) is 7.65. The standard InChI is InChI=1S/C12H18N6O/c13-10(6-9-7-14-8-15-9)11-16-12(17-19-11)18-4-2-1-3-5-18/h7-8,10H,1-6,13H2,(H,14,15). The Morgan fingerprint density at radius 3 is 2.95 bits per heavy atom. The van der Waals surface area contributed by atoms with Crippen LogP contribution in [0.2, 0.25) is 0 Å². The van der Waals surface area contributed by atoms with Gasteiger partial charge in [0.2, 0.25) is 5.89 Å². The van der Waals surface area contributed by atoms with Crippen molar-refractivity contribution in [3.05, 3.63) is 24.1 Å². The Labute approximate surface area is 111 Å². The molecule has 0 saturated carbocycles. The van der Waals surface area contributed by atoms with E-state index in [-0.39, 0.29) is 6.04 Å². The molecule has 7 heteroatoms. The molecule has 3 heterocycles. The molecule has 3 N–H and O–H groups in total. The van der Waals surface area contributed by atoms with E-state index < -0.39 is 0 Å². The lowest BCUT2D eigenvalue weighted by Crippen LogP contribution is -2.30. The van der Waals surface area contributed by atoms with E-state index in [1.807, 2.05) is 0 Å². The van der Waals surface area contributed by atoms with Gasteiger partial charge in [0.05, 0.1) is 12.4 Å². The Kier molecular flexibility index (Phi) is 3.45. The summed E-state index contributed by atoms with van der Waals surface area (Å²) in [5.74, 6) is 1.14. The van der Waals surface area contributed by atoms with Gasteiger partial charge < -0.3 is 20.1 Å². The van der Waals surface area contributed by atoms with Crippen LogP contribution in [0.4, 0.5) is 5.95 Å². The second-order valence-corrected chi connectivity index (χ2v) is 4.87. The van der Waals surface area contributed by atoms with Gasteiger partial charge in [0.25, 0.3) is 5.95 Å². The number of anilines is 1. The zero-order chi connectivity index (χ0) is 13.1. The minimum absolute atomic E-state index is 0.300. The molecule has 1 fully saturated rings. The number of imidazole rings is 1. The molecule has 3 rings (SSSR count). The zero-order valence-corrected chi connectivity index (χ0v) is 10.7. The monoisotopic (exact) mass is 262 g/mol. The van der Waals surface area contributed by atoms with Crippen molar-refractivity contribution in [3.8, 4) is 0 Å². The molecular weight excluding hydrogens is 244 g/mol. The van der Waals surface area contributed by atoms with Crippen LogP contribution in [0.1, 0.15) is 36.9 Å². The Morgan fingerprint density at radius 1 is 1.37 bits per heavy atom. The number of aromatic nitrogens is 4. The molecule has 19 heavy (non-hydrogen) atoms. The molecule has 1 unspecified atom stereocenters. The largest absolute Gasteiger partial charge is 0.348 e. The molecule has 1 aliphatic rings. The minimum atomic E-state index is -0.300. The fourth-order valence-electron chi connectivity index (χ4n) is 2.32. The highest BCUT2D eigenvalue weighted by Gasteiger charge is 2.20. The second kappa shape index (κ2) is 5.40. The molecule has 2 aromatic rings. The van der Waals surface area contributed by atoms with Crippen LogP contribution in [0.25, 0.3) is 0 Å². The maximum Gasteiger partial charge on any atom is 0.266 e. The Bertz CT molecular complexity index is 502. The number of nitrogens with two attached hydrogens (primary N) is 1. The first-order valence-electron chi connectivity index (χ1n) is 6.64. The van der Waals surface area contributed by atoms with E-state index in [0.29, 0.717) is 18.3 Å². The molecule has 0 radical (unpaired) electrons. The normalized spacial score (nSPS) is 17.6. The van der Waals surface area contributed by atoms with Crippen LogP contribution < -0.4 is 10.6 Å². The van der Waals surface area contributed by atoms with E-state index in [2.05, 4.69) is 25.0 Å². The fraction of sp³-hybridized carbons (Fsp3) is 0.583. The highest BCUT2D eigenvalue weighted by Crippen LogP contribution is 2.19. The molecule has 1 atom stereocenters. The molecule has 2 aromatic heterocycles. The van der Waals surface area contributed by atoms with Crippen LogP contribution in [-0.2, 0) is 6.42 Å². The van der Waals surface area contributed by atoms with Gasteiger partial charge in [-0.15, -0.1) is 0 Å². The van der Waals surface area contributed by atoms with Gasteiger partial charge in [-0.3, -0.25) is 0 Å². The average molecular weight is 262 g/mol. The van der Waals surface area contributed by atoms with Crippen molar-refractivity contribution in [1.29, 1.82) is 0 Å². The summed E-state index contributed by atoms with van der Waals surface area (Å²) in [5.41, 5.74) is 7.03. The molecule has 0 aliphatic carbocycles. The molecule has 0 bridgehead atoms. The lowest BCUT2D eigenvalue weighted by atomic mass is 10.1. The fourth-order valence-corrected chi connectivity index (χ4v) is 2.32. The molecule has 102 valence electrons. The SMILES string of the molecule is NC(Cc1cnc[nH]1)c1nc(N2CCCCC2)no1. The lowest BCUT2D eigenvalue weighted by Gasteiger charge is -2.24. The van der Waals surface area contributed by atoms with Gasteiger partial charge >= 0.3 is 0 Å². The summed E-state index contributed by atoms with van der Waals surface area (Å²) in [6, 6.07) is -0.300. The lowest BCUT2D eigenvalue weighted by molar-refractivity contribution is 0.352. The minimum Gasteiger partial charge on any atom is -0.348 e. The van der Waals surface area contributed by atoms with Crippen molar-refractivity contribution in [2.75, 3.05) is 18.0 Å². The van der Waals surface area contributed by atoms with Gasteiger partial charge in [0, 0.05) is 31.4 Å². The molecule has 1 aliphatic heterocycles. The highest BCUT2D eigenvalue weighted by atomic mass is 16.5. The highest BCUT2D eigenvalue weighted by molar-refractivity contribution is 5.28. The van der Waals surface area contributed by atoms with Gasteiger partial charge in [-0.05, 0) is 24.4 Å². The average Bonchev–Trinajstić information content (AvgIpc) is 3.10. The third kappa shape index (κ3) is 2.76. The van der Waals surface area contributed by atoms with Crippen LogP contribution in [0.5, 0.6) is 0 Å². The third-order valence-corrected chi connectivity index (χ3v) is 3.38. The number of nitrogens with one attached hydrogen (secondary N) is 1. The predicted octanol–water partition coefficient (Wildman–Crippen LogP) is 1.03. The number of nitrogens with zero attached hydrogens (tertiary/aromatic N) is 4. The number of piperidine rings is 1. The molecule has 0 aromatic carbocycles. The summed E-state index contributed by atoms with van der Waals surface area (Å²) >= 11 is 0. The van der Waals surface area contributed by atoms with Crippen molar-refractivity contribution >= 4 is 5.95 Å². The van der Waals surface area contributed by atoms with Crippen LogP contribution in [0, 0.1) is 0 Å². The molecular formula is C12H18N6O. The molecule has 1 saturated heterocycles. The van der Waals surface area contributed by atoms with E-state index in [0.717, 1.165) is 18.8 Å². The van der Waals surface area contributed by atoms with Crippen molar-refractivity contribution < 1.29 is 4.52 Å². The van der Waals surface area contributed by atoms with Crippen LogP contribution >= 0.6 is 0 Å². The maximum absolute atomic E-state index is 6.07. The van der Waals surface area contributed by atoms with Crippen LogP contribution in [0.3, 0.4) is 0 Å². The van der Waals surface area contributed by atoms with Gasteiger partial charge in [-0.25, -0.2) is 4.98 Å². The Morgan fingerprint density at radius 2 is 2.21 bits per heavy atom. The summed E-state index contributed by atoms with van der Waals surface area (Å²) in [4.78, 5) is 13.5. The summed E-state index contributed by atoms with van der Waals surface area (Å²) in [5, 5.41) is 4.02. The quantitative estimate of drug-likeness (QED) is 0.854. The first-order valence-corrected chi connectivity index (χ1v) is 6.64. The van der Waals surface area contributed by atoms with E-state index in [9.17, 15) is 0 Å². The van der Waals surface area contributed by atoms with E-state index in [1.54, 1.807) is 12.5 Å². The van der Waals surface area contributed by atoms with Crippen molar-refractivity contribution in [2.24, 2.45) is 5.73 Å². The number of aromatic amines is 1. The van der Waals surface area contributed by atoms with Crippen molar-refractivity contribution in [2.45, 2.75) is 31.7 Å². The molecule has 0 amide bonds. The predicted molar refractivity (Wildman–Crippen MR) is 69.6 cm³/mol. The first-order chi connectivity index (χ1) is 9.33. The Hall–Kier alpha value is -1.89.